The number of rotatable bonds is 3. The number of amides is 1. The second-order valence-electron chi connectivity index (χ2n) is 6.04. The van der Waals surface area contributed by atoms with Gasteiger partial charge >= 0.3 is 5.97 Å². The minimum atomic E-state index is -0.536. The van der Waals surface area contributed by atoms with E-state index in [0.717, 1.165) is 11.1 Å². The van der Waals surface area contributed by atoms with E-state index in [2.05, 4.69) is 0 Å². The summed E-state index contributed by atoms with van der Waals surface area (Å²) in [5.41, 5.74) is 3.64. The molecule has 0 spiro atoms. The first-order valence-corrected chi connectivity index (χ1v) is 8.48. The van der Waals surface area contributed by atoms with Crippen LogP contribution in [0.2, 0.25) is 5.02 Å². The van der Waals surface area contributed by atoms with Crippen LogP contribution >= 0.6 is 11.6 Å². The molecule has 0 aliphatic carbocycles. The number of nitrogens with zero attached hydrogens (tertiary/aromatic N) is 1. The van der Waals surface area contributed by atoms with E-state index in [9.17, 15) is 9.59 Å². The van der Waals surface area contributed by atoms with Crippen LogP contribution in [0.5, 0.6) is 0 Å². The molecule has 1 aliphatic rings. The molecule has 0 atom stereocenters. The van der Waals surface area contributed by atoms with E-state index in [-0.39, 0.29) is 11.5 Å². The molecule has 4 nitrogen and oxygen atoms in total. The van der Waals surface area contributed by atoms with E-state index in [1.54, 1.807) is 42.2 Å². The Morgan fingerprint density at radius 2 is 1.81 bits per heavy atom. The van der Waals surface area contributed by atoms with Gasteiger partial charge in [-0.2, -0.15) is 0 Å². The number of carbonyl (C=O) groups excluding carboxylic acids is 2. The summed E-state index contributed by atoms with van der Waals surface area (Å²) in [5.74, 6) is -0.797. The quantitative estimate of drug-likeness (QED) is 0.591. The molecule has 0 bridgehead atoms. The second kappa shape index (κ2) is 7.18. The van der Waals surface area contributed by atoms with Gasteiger partial charge in [-0.25, -0.2) is 4.79 Å². The minimum absolute atomic E-state index is 0.261. The molecule has 0 N–H and O–H groups in total. The highest BCUT2D eigenvalue weighted by Gasteiger charge is 2.37. The number of aryl methyl sites for hydroxylation is 1. The van der Waals surface area contributed by atoms with Gasteiger partial charge in [-0.1, -0.05) is 35.9 Å². The van der Waals surface area contributed by atoms with E-state index < -0.39 is 5.97 Å². The number of carbonyl (C=O) groups is 2. The maximum absolute atomic E-state index is 13.1. The highest BCUT2D eigenvalue weighted by Crippen LogP contribution is 2.35. The molecule has 26 heavy (non-hydrogen) atoms. The van der Waals surface area contributed by atoms with Crippen molar-refractivity contribution >= 4 is 35.2 Å². The molecule has 0 fully saturated rings. The smallest absolute Gasteiger partial charge is 0.340 e. The van der Waals surface area contributed by atoms with Crippen LogP contribution < -0.4 is 4.90 Å². The monoisotopic (exact) mass is 367 g/mol. The number of ether oxygens (including phenoxy) is 1. The zero-order valence-electron chi connectivity index (χ0n) is 14.7. The van der Waals surface area contributed by atoms with Crippen molar-refractivity contribution in [3.8, 4) is 0 Å². The summed E-state index contributed by atoms with van der Waals surface area (Å²) in [4.78, 5) is 27.0. The Hall–Kier alpha value is -2.85. The van der Waals surface area contributed by atoms with Crippen LogP contribution in [0.3, 0.4) is 0 Å². The van der Waals surface area contributed by atoms with Crippen molar-refractivity contribution in [2.75, 3.05) is 12.0 Å². The van der Waals surface area contributed by atoms with Crippen molar-refractivity contribution in [2.45, 2.75) is 13.8 Å². The third-order valence-electron chi connectivity index (χ3n) is 4.23. The van der Waals surface area contributed by atoms with Gasteiger partial charge in [-0.3, -0.25) is 9.69 Å². The predicted octanol–water partition coefficient (Wildman–Crippen LogP) is 4.53. The van der Waals surface area contributed by atoms with Crippen molar-refractivity contribution in [2.24, 2.45) is 0 Å². The average Bonchev–Trinajstić information content (AvgIpc) is 2.86. The summed E-state index contributed by atoms with van der Waals surface area (Å²) in [7, 11) is 1.31. The second-order valence-corrected chi connectivity index (χ2v) is 6.48. The highest BCUT2D eigenvalue weighted by molar-refractivity contribution is 6.30. The summed E-state index contributed by atoms with van der Waals surface area (Å²) in [6, 6.07) is 14.6. The van der Waals surface area contributed by atoms with Gasteiger partial charge in [0.2, 0.25) is 0 Å². The number of hydrogen-bond acceptors (Lipinski definition) is 3. The Morgan fingerprint density at radius 3 is 2.42 bits per heavy atom. The number of methoxy groups -OCH3 is 1. The first-order valence-electron chi connectivity index (χ1n) is 8.10. The third-order valence-corrected chi connectivity index (χ3v) is 4.48. The van der Waals surface area contributed by atoms with Gasteiger partial charge in [0.05, 0.1) is 18.3 Å². The van der Waals surface area contributed by atoms with Crippen LogP contribution in [0.4, 0.5) is 5.69 Å². The Bertz CT molecular complexity index is 942. The molecule has 0 aromatic heterocycles. The van der Waals surface area contributed by atoms with E-state index in [1.165, 1.54) is 7.11 Å². The lowest BCUT2D eigenvalue weighted by Crippen LogP contribution is -2.24. The molecule has 5 heteroatoms. The fraction of sp³-hybridized carbons (Fsp3) is 0.143. The molecule has 132 valence electrons. The normalized spacial score (nSPS) is 15.8. The van der Waals surface area contributed by atoms with Crippen LogP contribution in [-0.2, 0) is 14.3 Å². The van der Waals surface area contributed by atoms with E-state index in [4.69, 9.17) is 16.3 Å². The largest absolute Gasteiger partial charge is 0.465 e. The van der Waals surface area contributed by atoms with Crippen LogP contribution in [-0.4, -0.2) is 19.0 Å². The number of esters is 1. The van der Waals surface area contributed by atoms with Gasteiger partial charge in [0.1, 0.15) is 0 Å². The van der Waals surface area contributed by atoms with Crippen LogP contribution in [0.25, 0.3) is 6.08 Å². The molecule has 1 aliphatic heterocycles. The number of halogens is 1. The van der Waals surface area contributed by atoms with Gasteiger partial charge < -0.3 is 4.74 Å². The molecule has 3 rings (SSSR count). The van der Waals surface area contributed by atoms with Crippen molar-refractivity contribution in [1.82, 2.24) is 0 Å². The standard InChI is InChI=1S/C21H18ClNO3/c1-13-5-4-6-17(11-13)23-14(2)19(21(25)26-3)18(20(23)24)12-15-7-9-16(22)10-8-15/h4-12H,1-3H3/b18-12-. The lowest BCUT2D eigenvalue weighted by molar-refractivity contribution is -0.136. The average molecular weight is 368 g/mol. The van der Waals surface area contributed by atoms with E-state index in [0.29, 0.717) is 22.0 Å². The maximum Gasteiger partial charge on any atom is 0.340 e. The Balaban J connectivity index is 2.13. The number of allylic oxidation sites excluding steroid dienone is 1. The molecular formula is C21H18ClNO3. The van der Waals surface area contributed by atoms with Gasteiger partial charge in [0.15, 0.2) is 0 Å². The Kier molecular flexibility index (Phi) is 4.96. The maximum atomic E-state index is 13.1. The summed E-state index contributed by atoms with van der Waals surface area (Å²) >= 11 is 5.92. The topological polar surface area (TPSA) is 46.6 Å². The van der Waals surface area contributed by atoms with Gasteiger partial charge in [-0.05, 0) is 55.3 Å². The minimum Gasteiger partial charge on any atom is -0.465 e. The van der Waals surface area contributed by atoms with Crippen molar-refractivity contribution in [1.29, 1.82) is 0 Å². The lowest BCUT2D eigenvalue weighted by atomic mass is 10.0. The van der Waals surface area contributed by atoms with E-state index in [1.807, 2.05) is 31.2 Å². The SMILES string of the molecule is COC(=O)C1=C(C)N(c2cccc(C)c2)C(=O)/C1=C\c1ccc(Cl)cc1. The van der Waals surface area contributed by atoms with Crippen LogP contribution in [0, 0.1) is 6.92 Å². The number of hydrogen-bond donors (Lipinski definition) is 0. The molecule has 1 amide bonds. The lowest BCUT2D eigenvalue weighted by Gasteiger charge is -2.18. The molecule has 2 aromatic carbocycles. The molecule has 0 saturated heterocycles. The van der Waals surface area contributed by atoms with Gasteiger partial charge in [0.25, 0.3) is 5.91 Å². The highest BCUT2D eigenvalue weighted by atomic mass is 35.5. The Labute approximate surface area is 157 Å². The summed E-state index contributed by atoms with van der Waals surface area (Å²) < 4.78 is 4.91. The molecule has 0 radical (unpaired) electrons. The first-order chi connectivity index (χ1) is 12.4. The molecule has 2 aromatic rings. The van der Waals surface area contributed by atoms with E-state index >= 15 is 0 Å². The summed E-state index contributed by atoms with van der Waals surface area (Å²) in [5, 5.41) is 0.603. The molecule has 0 saturated carbocycles. The van der Waals surface area contributed by atoms with Crippen LogP contribution in [0.15, 0.2) is 65.4 Å². The number of benzene rings is 2. The molecular weight excluding hydrogens is 350 g/mol. The van der Waals surface area contributed by atoms with Crippen molar-refractivity contribution < 1.29 is 14.3 Å². The summed E-state index contributed by atoms with van der Waals surface area (Å²) in [6.45, 7) is 3.70. The fourth-order valence-electron chi connectivity index (χ4n) is 2.98. The number of anilines is 1. The van der Waals surface area contributed by atoms with Crippen molar-refractivity contribution in [3.05, 3.63) is 81.5 Å². The summed E-state index contributed by atoms with van der Waals surface area (Å²) in [6.07, 6.45) is 1.68. The predicted molar refractivity (Wildman–Crippen MR) is 103 cm³/mol. The molecule has 1 heterocycles. The fourth-order valence-corrected chi connectivity index (χ4v) is 3.11. The zero-order valence-corrected chi connectivity index (χ0v) is 15.5. The van der Waals surface area contributed by atoms with Crippen molar-refractivity contribution in [3.63, 3.8) is 0 Å². The molecule has 0 unspecified atom stereocenters. The first kappa shape index (κ1) is 18.0. The van der Waals surface area contributed by atoms with Gasteiger partial charge in [0, 0.05) is 16.4 Å². The Morgan fingerprint density at radius 1 is 1.12 bits per heavy atom. The zero-order chi connectivity index (χ0) is 18.8. The van der Waals surface area contributed by atoms with Gasteiger partial charge in [-0.15, -0.1) is 0 Å². The van der Waals surface area contributed by atoms with Crippen LogP contribution in [0.1, 0.15) is 18.1 Å². The third kappa shape index (κ3) is 3.28.